The van der Waals surface area contributed by atoms with Crippen molar-refractivity contribution in [3.8, 4) is 0 Å². The number of carbonyl (C=O) groups excluding carboxylic acids is 1. The lowest BCUT2D eigenvalue weighted by Crippen LogP contribution is -2.12. The molecule has 2 N–H and O–H groups in total. The molecule has 0 unspecified atom stereocenters. The van der Waals surface area contributed by atoms with Crippen LogP contribution in [0.2, 0.25) is 0 Å². The summed E-state index contributed by atoms with van der Waals surface area (Å²) in [6.07, 6.45) is 3.47. The van der Waals surface area contributed by atoms with Gasteiger partial charge >= 0.3 is 0 Å². The fourth-order valence-electron chi connectivity index (χ4n) is 1.22. The fourth-order valence-corrected chi connectivity index (χ4v) is 1.22. The van der Waals surface area contributed by atoms with Crippen molar-refractivity contribution < 1.29 is 14.2 Å². The Labute approximate surface area is 86.9 Å². The van der Waals surface area contributed by atoms with Crippen LogP contribution in [0.1, 0.15) is 16.3 Å². The van der Waals surface area contributed by atoms with Gasteiger partial charge < -0.3 is 9.73 Å². The number of carbonyl (C=O) groups is 1. The molecule has 0 aliphatic heterocycles. The number of amides is 1. The zero-order chi connectivity index (χ0) is 10.7. The fraction of sp³-hybridized carbons (Fsp3) is 0.0909. The Balaban J connectivity index is 2.11. The molecule has 0 aromatic carbocycles. The Morgan fingerprint density at radius 1 is 1.40 bits per heavy atom. The summed E-state index contributed by atoms with van der Waals surface area (Å²) in [4.78, 5) is 14.5. The van der Waals surface area contributed by atoms with E-state index in [4.69, 9.17) is 4.42 Å². The number of anilines is 1. The van der Waals surface area contributed by atoms with E-state index in [0.717, 1.165) is 5.76 Å². The summed E-state index contributed by atoms with van der Waals surface area (Å²) in [5.41, 5.74) is 0.705. The maximum absolute atomic E-state index is 11.6. The van der Waals surface area contributed by atoms with E-state index in [2.05, 4.69) is 10.3 Å². The minimum atomic E-state index is -0.247. The second-order valence-corrected chi connectivity index (χ2v) is 3.16. The highest BCUT2D eigenvalue weighted by Crippen LogP contribution is 2.09. The highest BCUT2D eigenvalue weighted by Gasteiger charge is 2.10. The van der Waals surface area contributed by atoms with E-state index in [1.807, 2.05) is 6.07 Å². The molecule has 2 aromatic rings. The Kier molecular flexibility index (Phi) is 2.49. The molecule has 0 fully saturated rings. The molecule has 0 aliphatic rings. The topological polar surface area (TPSA) is 56.4 Å². The van der Waals surface area contributed by atoms with Gasteiger partial charge in [-0.15, -0.1) is 0 Å². The van der Waals surface area contributed by atoms with E-state index in [1.165, 1.54) is 0 Å². The molecule has 4 heteroatoms. The molecule has 4 nitrogen and oxygen atoms in total. The van der Waals surface area contributed by atoms with Gasteiger partial charge in [-0.25, -0.2) is 4.98 Å². The lowest BCUT2D eigenvalue weighted by Gasteiger charge is -1.98. The number of aromatic amines is 1. The molecular formula is C11H11N2O2+. The van der Waals surface area contributed by atoms with Gasteiger partial charge in [-0.1, -0.05) is 0 Å². The van der Waals surface area contributed by atoms with Gasteiger partial charge in [-0.3, -0.25) is 4.79 Å². The smallest absolute Gasteiger partial charge is 0.291 e. The van der Waals surface area contributed by atoms with Crippen molar-refractivity contribution in [1.82, 2.24) is 0 Å². The second-order valence-electron chi connectivity index (χ2n) is 3.16. The third-order valence-electron chi connectivity index (χ3n) is 1.93. The Bertz CT molecular complexity index is 462. The number of furan rings is 1. The molecule has 0 saturated carbocycles. The van der Waals surface area contributed by atoms with Gasteiger partial charge in [0.2, 0.25) is 0 Å². The minimum Gasteiger partial charge on any atom is -0.456 e. The van der Waals surface area contributed by atoms with Gasteiger partial charge in [0.05, 0.1) is 0 Å². The first-order valence-electron chi connectivity index (χ1n) is 4.59. The largest absolute Gasteiger partial charge is 0.456 e. The van der Waals surface area contributed by atoms with Crippen molar-refractivity contribution in [1.29, 1.82) is 0 Å². The SMILES string of the molecule is Cc1ccc(C(=O)Nc2ccc[nH+]c2)o1. The molecule has 15 heavy (non-hydrogen) atoms. The van der Waals surface area contributed by atoms with Crippen LogP contribution >= 0.6 is 0 Å². The van der Waals surface area contributed by atoms with Gasteiger partial charge in [0, 0.05) is 6.07 Å². The van der Waals surface area contributed by atoms with Crippen molar-refractivity contribution >= 4 is 11.6 Å². The summed E-state index contributed by atoms with van der Waals surface area (Å²) in [5.74, 6) is 0.791. The second kappa shape index (κ2) is 3.96. The van der Waals surface area contributed by atoms with Crippen molar-refractivity contribution in [2.75, 3.05) is 5.32 Å². The first kappa shape index (κ1) is 9.45. The molecule has 0 atom stereocenters. The Morgan fingerprint density at radius 2 is 2.27 bits per heavy atom. The number of nitrogens with one attached hydrogen (secondary N) is 2. The third kappa shape index (κ3) is 2.22. The summed E-state index contributed by atoms with van der Waals surface area (Å²) in [6, 6.07) is 7.01. The van der Waals surface area contributed by atoms with Gasteiger partial charge in [-0.05, 0) is 25.1 Å². The molecule has 0 aliphatic carbocycles. The number of hydrogen-bond donors (Lipinski definition) is 1. The lowest BCUT2D eigenvalue weighted by molar-refractivity contribution is -0.377. The Morgan fingerprint density at radius 3 is 2.87 bits per heavy atom. The maximum atomic E-state index is 11.6. The number of pyridine rings is 1. The third-order valence-corrected chi connectivity index (χ3v) is 1.93. The average molecular weight is 203 g/mol. The first-order valence-corrected chi connectivity index (χ1v) is 4.59. The minimum absolute atomic E-state index is 0.247. The normalized spacial score (nSPS) is 9.93. The molecule has 2 aromatic heterocycles. The zero-order valence-corrected chi connectivity index (χ0v) is 8.28. The standard InChI is InChI=1S/C11H10N2O2/c1-8-4-5-10(15-8)11(14)13-9-3-2-6-12-7-9/h2-7H,1H3,(H,13,14)/p+1. The van der Waals surface area contributed by atoms with Crippen LogP contribution in [-0.2, 0) is 0 Å². The molecule has 0 radical (unpaired) electrons. The van der Waals surface area contributed by atoms with Crippen LogP contribution in [-0.4, -0.2) is 5.91 Å². The molecule has 76 valence electrons. The predicted molar refractivity (Wildman–Crippen MR) is 54.4 cm³/mol. The molecular weight excluding hydrogens is 192 g/mol. The van der Waals surface area contributed by atoms with E-state index < -0.39 is 0 Å². The van der Waals surface area contributed by atoms with E-state index in [1.54, 1.807) is 37.5 Å². The van der Waals surface area contributed by atoms with Crippen molar-refractivity contribution in [2.45, 2.75) is 6.92 Å². The first-order chi connectivity index (χ1) is 7.25. The van der Waals surface area contributed by atoms with Crippen LogP contribution in [0.25, 0.3) is 0 Å². The molecule has 1 amide bonds. The monoisotopic (exact) mass is 203 g/mol. The van der Waals surface area contributed by atoms with Gasteiger partial charge in [0.25, 0.3) is 5.91 Å². The summed E-state index contributed by atoms with van der Waals surface area (Å²) < 4.78 is 5.20. The zero-order valence-electron chi connectivity index (χ0n) is 8.28. The van der Waals surface area contributed by atoms with Crippen LogP contribution in [0.4, 0.5) is 5.69 Å². The molecule has 0 bridgehead atoms. The van der Waals surface area contributed by atoms with Gasteiger partial charge in [-0.2, -0.15) is 0 Å². The van der Waals surface area contributed by atoms with Crippen molar-refractivity contribution in [3.05, 3.63) is 48.2 Å². The quantitative estimate of drug-likeness (QED) is 0.806. The van der Waals surface area contributed by atoms with Crippen LogP contribution < -0.4 is 10.3 Å². The van der Waals surface area contributed by atoms with Crippen LogP contribution in [0.3, 0.4) is 0 Å². The summed E-state index contributed by atoms with van der Waals surface area (Å²) in [7, 11) is 0. The predicted octanol–water partition coefficient (Wildman–Crippen LogP) is 1.65. The van der Waals surface area contributed by atoms with E-state index in [-0.39, 0.29) is 5.91 Å². The van der Waals surface area contributed by atoms with Crippen LogP contribution in [0.15, 0.2) is 41.1 Å². The van der Waals surface area contributed by atoms with E-state index in [9.17, 15) is 4.79 Å². The van der Waals surface area contributed by atoms with Crippen molar-refractivity contribution in [3.63, 3.8) is 0 Å². The van der Waals surface area contributed by atoms with Gasteiger partial charge in [0.15, 0.2) is 18.2 Å². The van der Waals surface area contributed by atoms with Crippen LogP contribution in [0, 0.1) is 6.92 Å². The molecule has 0 saturated heterocycles. The van der Waals surface area contributed by atoms with E-state index >= 15 is 0 Å². The summed E-state index contributed by atoms with van der Waals surface area (Å²) in [6.45, 7) is 1.80. The summed E-state index contributed by atoms with van der Waals surface area (Å²) >= 11 is 0. The highest BCUT2D eigenvalue weighted by atomic mass is 16.3. The highest BCUT2D eigenvalue weighted by molar-refractivity contribution is 6.02. The molecule has 2 rings (SSSR count). The molecule has 0 spiro atoms. The van der Waals surface area contributed by atoms with E-state index in [0.29, 0.717) is 11.4 Å². The number of aromatic nitrogens is 1. The van der Waals surface area contributed by atoms with Gasteiger partial charge in [0.1, 0.15) is 11.4 Å². The number of aryl methyl sites for hydroxylation is 1. The average Bonchev–Trinajstić information content (AvgIpc) is 2.66. The number of rotatable bonds is 2. The number of hydrogen-bond acceptors (Lipinski definition) is 2. The molecule has 2 heterocycles. The Hall–Kier alpha value is -2.10. The van der Waals surface area contributed by atoms with Crippen molar-refractivity contribution in [2.24, 2.45) is 0 Å². The number of H-pyrrole nitrogens is 1. The summed E-state index contributed by atoms with van der Waals surface area (Å²) in [5, 5.41) is 2.71. The van der Waals surface area contributed by atoms with Crippen LogP contribution in [0.5, 0.6) is 0 Å². The lowest BCUT2D eigenvalue weighted by atomic mass is 10.3. The maximum Gasteiger partial charge on any atom is 0.291 e.